The second-order valence-corrected chi connectivity index (χ2v) is 8.85. The Kier molecular flexibility index (Phi) is 5.88. The van der Waals surface area contributed by atoms with Gasteiger partial charge in [0, 0.05) is 16.2 Å². The van der Waals surface area contributed by atoms with Crippen LogP contribution in [-0.2, 0) is 4.74 Å². The number of ether oxygens (including phenoxy) is 3. The van der Waals surface area contributed by atoms with E-state index in [1.165, 1.54) is 26.4 Å². The standard InChI is InChI=1S/C27H26O9/c1-5-12-8-15-19(17(9-12)33-3)14-10-18(34-4)21-16(28)7-6-13(20(21)25(14)36-27(15)32)26-24(31)23(30)22(29)11(2)35-26/h5-11,22-24,26,28-31H,1H2,2-4H3/t11-,22+,23+,24+,26-/m1/s1. The Labute approximate surface area is 205 Å². The van der Waals surface area contributed by atoms with Gasteiger partial charge in [-0.05, 0) is 42.3 Å². The van der Waals surface area contributed by atoms with E-state index in [9.17, 15) is 25.2 Å². The minimum absolute atomic E-state index is 0.114. The quantitative estimate of drug-likeness (QED) is 0.249. The molecule has 188 valence electrons. The lowest BCUT2D eigenvalue weighted by Crippen LogP contribution is -2.53. The van der Waals surface area contributed by atoms with Gasteiger partial charge in [-0.1, -0.05) is 18.7 Å². The van der Waals surface area contributed by atoms with Crippen LogP contribution in [-0.4, -0.2) is 59.1 Å². The maximum absolute atomic E-state index is 13.2. The van der Waals surface area contributed by atoms with Crippen molar-refractivity contribution in [2.75, 3.05) is 14.2 Å². The van der Waals surface area contributed by atoms with Crippen molar-refractivity contribution in [1.82, 2.24) is 0 Å². The molecule has 3 aromatic carbocycles. The number of hydrogen-bond donors (Lipinski definition) is 4. The van der Waals surface area contributed by atoms with Gasteiger partial charge in [0.15, 0.2) is 0 Å². The van der Waals surface area contributed by atoms with Gasteiger partial charge in [0.1, 0.15) is 47.2 Å². The van der Waals surface area contributed by atoms with Crippen molar-refractivity contribution in [3.8, 4) is 17.2 Å². The number of methoxy groups -OCH3 is 2. The van der Waals surface area contributed by atoms with Crippen LogP contribution >= 0.6 is 0 Å². The van der Waals surface area contributed by atoms with Crippen LogP contribution in [0.1, 0.15) is 24.2 Å². The largest absolute Gasteiger partial charge is 0.507 e. The molecule has 36 heavy (non-hydrogen) atoms. The fraction of sp³-hybridized carbons (Fsp3) is 0.296. The van der Waals surface area contributed by atoms with Crippen molar-refractivity contribution in [2.24, 2.45) is 0 Å². The molecule has 1 aromatic heterocycles. The Morgan fingerprint density at radius 2 is 1.61 bits per heavy atom. The Hall–Kier alpha value is -3.63. The fourth-order valence-electron chi connectivity index (χ4n) is 5.01. The van der Waals surface area contributed by atoms with Crippen LogP contribution in [0, 0.1) is 0 Å². The molecule has 0 unspecified atom stereocenters. The second-order valence-electron chi connectivity index (χ2n) is 8.85. The molecular formula is C27H26O9. The minimum Gasteiger partial charge on any atom is -0.507 e. The third kappa shape index (κ3) is 3.43. The SMILES string of the molecule is C=Cc1cc(OC)c2c(c1)c(=O)oc1c2cc(OC)c2c(O)ccc([C@H]3O[C@H](C)[C@H](O)[C@H](O)[C@@H]3O)c21. The highest BCUT2D eigenvalue weighted by atomic mass is 16.5. The van der Waals surface area contributed by atoms with Gasteiger partial charge in [0.2, 0.25) is 0 Å². The summed E-state index contributed by atoms with van der Waals surface area (Å²) in [4.78, 5) is 13.2. The van der Waals surface area contributed by atoms with Crippen LogP contribution in [0.15, 0.2) is 46.1 Å². The zero-order chi connectivity index (χ0) is 25.9. The van der Waals surface area contributed by atoms with Crippen LogP contribution in [0.5, 0.6) is 17.2 Å². The maximum Gasteiger partial charge on any atom is 0.344 e. The van der Waals surface area contributed by atoms with Gasteiger partial charge < -0.3 is 39.1 Å². The third-order valence-corrected chi connectivity index (χ3v) is 6.85. The van der Waals surface area contributed by atoms with E-state index in [1.54, 1.807) is 31.2 Å². The van der Waals surface area contributed by atoms with Crippen molar-refractivity contribution < 1.29 is 39.1 Å². The van der Waals surface area contributed by atoms with Crippen LogP contribution in [0.4, 0.5) is 0 Å². The van der Waals surface area contributed by atoms with Gasteiger partial charge in [-0.15, -0.1) is 0 Å². The molecule has 0 spiro atoms. The molecule has 5 rings (SSSR count). The first-order chi connectivity index (χ1) is 17.2. The fourth-order valence-corrected chi connectivity index (χ4v) is 5.01. The van der Waals surface area contributed by atoms with Crippen molar-refractivity contribution in [2.45, 2.75) is 37.4 Å². The lowest BCUT2D eigenvalue weighted by molar-refractivity contribution is -0.219. The number of phenolic OH excluding ortho intramolecular Hbond substituents is 1. The van der Waals surface area contributed by atoms with Gasteiger partial charge >= 0.3 is 5.63 Å². The van der Waals surface area contributed by atoms with Crippen molar-refractivity contribution >= 4 is 38.6 Å². The molecule has 2 heterocycles. The van der Waals surface area contributed by atoms with E-state index in [2.05, 4.69) is 6.58 Å². The van der Waals surface area contributed by atoms with Crippen molar-refractivity contribution in [3.63, 3.8) is 0 Å². The average Bonchev–Trinajstić information content (AvgIpc) is 2.89. The van der Waals surface area contributed by atoms with E-state index < -0.39 is 36.1 Å². The smallest absolute Gasteiger partial charge is 0.344 e. The van der Waals surface area contributed by atoms with Gasteiger partial charge in [0.05, 0.1) is 31.1 Å². The molecule has 0 saturated carbocycles. The van der Waals surface area contributed by atoms with Gasteiger partial charge in [-0.25, -0.2) is 4.79 Å². The zero-order valence-electron chi connectivity index (χ0n) is 19.9. The zero-order valence-corrected chi connectivity index (χ0v) is 19.9. The monoisotopic (exact) mass is 494 g/mol. The molecule has 1 fully saturated rings. The highest BCUT2D eigenvalue weighted by molar-refractivity contribution is 6.19. The lowest BCUT2D eigenvalue weighted by atomic mass is 9.88. The summed E-state index contributed by atoms with van der Waals surface area (Å²) in [5, 5.41) is 43.9. The van der Waals surface area contributed by atoms with E-state index in [1.807, 2.05) is 0 Å². The molecule has 0 amide bonds. The number of fused-ring (bicyclic) bond motifs is 5. The van der Waals surface area contributed by atoms with Gasteiger partial charge in [-0.3, -0.25) is 0 Å². The lowest BCUT2D eigenvalue weighted by Gasteiger charge is -2.40. The summed E-state index contributed by atoms with van der Waals surface area (Å²) in [5.74, 6) is 0.536. The summed E-state index contributed by atoms with van der Waals surface area (Å²) < 4.78 is 22.9. The summed E-state index contributed by atoms with van der Waals surface area (Å²) in [6, 6.07) is 7.94. The molecule has 0 bridgehead atoms. The molecular weight excluding hydrogens is 468 g/mol. The Balaban J connectivity index is 1.97. The third-order valence-electron chi connectivity index (χ3n) is 6.85. The molecule has 4 aromatic rings. The maximum atomic E-state index is 13.2. The first kappa shape index (κ1) is 24.1. The summed E-state index contributed by atoms with van der Waals surface area (Å²) >= 11 is 0. The number of benzene rings is 3. The first-order valence-corrected chi connectivity index (χ1v) is 11.3. The molecule has 0 radical (unpaired) electrons. The van der Waals surface area contributed by atoms with E-state index in [-0.39, 0.29) is 33.2 Å². The number of hydrogen-bond acceptors (Lipinski definition) is 9. The van der Waals surface area contributed by atoms with Gasteiger partial charge in [0.25, 0.3) is 0 Å². The number of aliphatic hydroxyl groups excluding tert-OH is 3. The molecule has 1 aliphatic heterocycles. The summed E-state index contributed by atoms with van der Waals surface area (Å²) in [6.07, 6.45) is -4.60. The summed E-state index contributed by atoms with van der Waals surface area (Å²) in [5.41, 5.74) is 0.468. The Bertz CT molecular complexity index is 1570. The highest BCUT2D eigenvalue weighted by Gasteiger charge is 2.43. The molecule has 9 nitrogen and oxygen atoms in total. The van der Waals surface area contributed by atoms with Crippen LogP contribution < -0.4 is 15.1 Å². The topological polar surface area (TPSA) is 139 Å². The molecule has 9 heteroatoms. The van der Waals surface area contributed by atoms with Gasteiger partial charge in [-0.2, -0.15) is 0 Å². The van der Waals surface area contributed by atoms with E-state index in [0.717, 1.165) is 0 Å². The van der Waals surface area contributed by atoms with Crippen molar-refractivity contribution in [3.05, 3.63) is 58.5 Å². The predicted octanol–water partition coefficient (Wildman–Crippen LogP) is 3.01. The molecule has 5 atom stereocenters. The van der Waals surface area contributed by atoms with Crippen molar-refractivity contribution in [1.29, 1.82) is 0 Å². The minimum atomic E-state index is -1.50. The Morgan fingerprint density at radius 1 is 0.917 bits per heavy atom. The normalized spacial score (nSPS) is 24.3. The second kappa shape index (κ2) is 8.79. The van der Waals surface area contributed by atoms with E-state index in [4.69, 9.17) is 18.6 Å². The molecule has 0 aliphatic carbocycles. The molecule has 4 N–H and O–H groups in total. The summed E-state index contributed by atoms with van der Waals surface area (Å²) in [7, 11) is 2.92. The predicted molar refractivity (Wildman–Crippen MR) is 134 cm³/mol. The van der Waals surface area contributed by atoms with Crippen LogP contribution in [0.25, 0.3) is 38.6 Å². The number of aromatic hydroxyl groups is 1. The number of rotatable bonds is 4. The number of phenols is 1. The van der Waals surface area contributed by atoms with Crippen LogP contribution in [0.3, 0.4) is 0 Å². The Morgan fingerprint density at radius 3 is 2.28 bits per heavy atom. The molecule has 1 aliphatic rings. The molecule has 1 saturated heterocycles. The first-order valence-electron chi connectivity index (χ1n) is 11.3. The van der Waals surface area contributed by atoms with Crippen LogP contribution in [0.2, 0.25) is 0 Å². The van der Waals surface area contributed by atoms with E-state index in [0.29, 0.717) is 27.6 Å². The summed E-state index contributed by atoms with van der Waals surface area (Å²) in [6.45, 7) is 5.33. The number of aliphatic hydroxyl groups is 3. The highest BCUT2D eigenvalue weighted by Crippen LogP contribution is 2.47. The van der Waals surface area contributed by atoms with E-state index >= 15 is 0 Å². The average molecular weight is 494 g/mol.